The maximum atomic E-state index is 6.25. The number of rotatable bonds is 4. The van der Waals surface area contributed by atoms with Gasteiger partial charge in [-0.05, 0) is 42.0 Å². The molecule has 0 amide bonds. The van der Waals surface area contributed by atoms with Crippen LogP contribution in [0.3, 0.4) is 0 Å². The van der Waals surface area contributed by atoms with E-state index in [4.69, 9.17) is 17.3 Å². The van der Waals surface area contributed by atoms with Crippen molar-refractivity contribution in [3.8, 4) is 5.69 Å². The molecule has 144 valence electrons. The van der Waals surface area contributed by atoms with Crippen molar-refractivity contribution in [1.82, 2.24) is 19.7 Å². The lowest BCUT2D eigenvalue weighted by molar-refractivity contribution is 0.380. The SMILES string of the molecule is NC(=NCc1cccc(-n2cncn2)c1)N1CCN(c2ccc(Cl)cc2)CC1. The van der Waals surface area contributed by atoms with Crippen LogP contribution in [0.2, 0.25) is 5.02 Å². The molecule has 3 aromatic rings. The molecule has 0 radical (unpaired) electrons. The lowest BCUT2D eigenvalue weighted by atomic mass is 10.2. The maximum Gasteiger partial charge on any atom is 0.191 e. The summed E-state index contributed by atoms with van der Waals surface area (Å²) in [7, 11) is 0. The van der Waals surface area contributed by atoms with Crippen LogP contribution in [-0.4, -0.2) is 51.8 Å². The zero-order chi connectivity index (χ0) is 19.3. The zero-order valence-electron chi connectivity index (χ0n) is 15.4. The van der Waals surface area contributed by atoms with Crippen LogP contribution in [0.5, 0.6) is 0 Å². The highest BCUT2D eigenvalue weighted by Gasteiger charge is 2.18. The van der Waals surface area contributed by atoms with Crippen LogP contribution in [0.15, 0.2) is 66.2 Å². The van der Waals surface area contributed by atoms with Gasteiger partial charge in [0.25, 0.3) is 0 Å². The first kappa shape index (κ1) is 18.3. The molecule has 4 rings (SSSR count). The highest BCUT2D eigenvalue weighted by atomic mass is 35.5. The van der Waals surface area contributed by atoms with E-state index in [-0.39, 0.29) is 0 Å². The second kappa shape index (κ2) is 8.31. The van der Waals surface area contributed by atoms with E-state index >= 15 is 0 Å². The van der Waals surface area contributed by atoms with Gasteiger partial charge in [0.2, 0.25) is 0 Å². The molecule has 0 bridgehead atoms. The Morgan fingerprint density at radius 2 is 1.82 bits per heavy atom. The van der Waals surface area contributed by atoms with E-state index in [9.17, 15) is 0 Å². The molecule has 1 saturated heterocycles. The lowest BCUT2D eigenvalue weighted by Crippen LogP contribution is -2.51. The first-order valence-corrected chi connectivity index (χ1v) is 9.56. The maximum absolute atomic E-state index is 6.25. The second-order valence-corrected chi connectivity index (χ2v) is 7.07. The van der Waals surface area contributed by atoms with E-state index < -0.39 is 0 Å². The van der Waals surface area contributed by atoms with Gasteiger partial charge in [0, 0.05) is 36.9 Å². The monoisotopic (exact) mass is 395 g/mol. The summed E-state index contributed by atoms with van der Waals surface area (Å²) in [5.41, 5.74) is 9.47. The van der Waals surface area contributed by atoms with Gasteiger partial charge in [0.1, 0.15) is 12.7 Å². The molecule has 1 aromatic heterocycles. The Kier molecular flexibility index (Phi) is 5.43. The minimum atomic E-state index is 0.534. The van der Waals surface area contributed by atoms with Gasteiger partial charge in [-0.1, -0.05) is 23.7 Å². The Balaban J connectivity index is 1.35. The molecule has 0 aliphatic carbocycles. The average molecular weight is 396 g/mol. The fourth-order valence-corrected chi connectivity index (χ4v) is 3.38. The van der Waals surface area contributed by atoms with Crippen molar-refractivity contribution < 1.29 is 0 Å². The third-order valence-corrected chi connectivity index (χ3v) is 5.06. The second-order valence-electron chi connectivity index (χ2n) is 6.63. The first-order chi connectivity index (χ1) is 13.7. The molecule has 0 unspecified atom stereocenters. The summed E-state index contributed by atoms with van der Waals surface area (Å²) >= 11 is 5.97. The van der Waals surface area contributed by atoms with Crippen LogP contribution < -0.4 is 10.6 Å². The smallest absolute Gasteiger partial charge is 0.191 e. The fraction of sp³-hybridized carbons (Fsp3) is 0.250. The molecule has 0 atom stereocenters. The molecule has 1 aliphatic heterocycles. The summed E-state index contributed by atoms with van der Waals surface area (Å²) < 4.78 is 1.73. The summed E-state index contributed by atoms with van der Waals surface area (Å²) in [4.78, 5) is 13.0. The highest BCUT2D eigenvalue weighted by Crippen LogP contribution is 2.19. The number of nitrogens with two attached hydrogens (primary N) is 1. The van der Waals surface area contributed by atoms with Crippen molar-refractivity contribution in [2.75, 3.05) is 31.1 Å². The van der Waals surface area contributed by atoms with Crippen molar-refractivity contribution in [3.63, 3.8) is 0 Å². The third kappa shape index (κ3) is 4.26. The van der Waals surface area contributed by atoms with Crippen molar-refractivity contribution in [2.45, 2.75) is 6.54 Å². The molecule has 8 heteroatoms. The standard InChI is InChI=1S/C20H22ClN7/c21-17-4-6-18(7-5-17)26-8-10-27(11-9-26)20(22)24-13-16-2-1-3-19(12-16)28-15-23-14-25-28/h1-7,12,14-15H,8-11,13H2,(H2,22,24). The summed E-state index contributed by atoms with van der Waals surface area (Å²) in [6.07, 6.45) is 3.20. The molecule has 1 fully saturated rings. The van der Waals surface area contributed by atoms with Gasteiger partial charge >= 0.3 is 0 Å². The molecule has 1 aliphatic rings. The number of aromatic nitrogens is 3. The minimum Gasteiger partial charge on any atom is -0.370 e. The summed E-state index contributed by atoms with van der Waals surface area (Å²) in [6.45, 7) is 4.03. The van der Waals surface area contributed by atoms with Gasteiger partial charge in [-0.15, -0.1) is 0 Å². The fourth-order valence-electron chi connectivity index (χ4n) is 3.26. The van der Waals surface area contributed by atoms with Gasteiger partial charge in [-0.2, -0.15) is 5.10 Å². The average Bonchev–Trinajstić information content (AvgIpc) is 3.28. The normalized spacial score (nSPS) is 15.1. The Labute approximate surface area is 169 Å². The zero-order valence-corrected chi connectivity index (χ0v) is 16.2. The van der Waals surface area contributed by atoms with Crippen LogP contribution in [-0.2, 0) is 6.54 Å². The van der Waals surface area contributed by atoms with E-state index in [1.165, 1.54) is 12.0 Å². The molecule has 0 saturated carbocycles. The molecule has 2 N–H and O–H groups in total. The van der Waals surface area contributed by atoms with Gasteiger partial charge < -0.3 is 15.5 Å². The van der Waals surface area contributed by atoms with Gasteiger partial charge in [-0.25, -0.2) is 14.7 Å². The molecule has 7 nitrogen and oxygen atoms in total. The topological polar surface area (TPSA) is 75.6 Å². The number of guanidine groups is 1. The Bertz CT molecular complexity index is 929. The Morgan fingerprint density at radius 3 is 2.54 bits per heavy atom. The molecular formula is C20H22ClN7. The number of nitrogens with zero attached hydrogens (tertiary/aromatic N) is 6. The number of piperazine rings is 1. The van der Waals surface area contributed by atoms with E-state index in [1.807, 2.05) is 36.4 Å². The highest BCUT2D eigenvalue weighted by molar-refractivity contribution is 6.30. The number of halogens is 1. The van der Waals surface area contributed by atoms with Gasteiger partial charge in [0.15, 0.2) is 5.96 Å². The number of aliphatic imine (C=N–C) groups is 1. The molecule has 2 heterocycles. The van der Waals surface area contributed by atoms with E-state index in [0.29, 0.717) is 12.5 Å². The first-order valence-electron chi connectivity index (χ1n) is 9.18. The molecule has 0 spiro atoms. The third-order valence-electron chi connectivity index (χ3n) is 4.81. The van der Waals surface area contributed by atoms with E-state index in [2.05, 4.69) is 37.0 Å². The van der Waals surface area contributed by atoms with Crippen molar-refractivity contribution in [3.05, 3.63) is 71.8 Å². The quantitative estimate of drug-likeness (QED) is 0.542. The summed E-state index contributed by atoms with van der Waals surface area (Å²) in [5.74, 6) is 0.585. The number of hydrogen-bond donors (Lipinski definition) is 1. The molecule has 28 heavy (non-hydrogen) atoms. The predicted molar refractivity (Wildman–Crippen MR) is 112 cm³/mol. The van der Waals surface area contributed by atoms with Crippen molar-refractivity contribution in [1.29, 1.82) is 0 Å². The van der Waals surface area contributed by atoms with Crippen LogP contribution in [0.25, 0.3) is 5.69 Å². The Hall–Kier alpha value is -3.06. The van der Waals surface area contributed by atoms with Crippen LogP contribution in [0, 0.1) is 0 Å². The number of benzene rings is 2. The predicted octanol–water partition coefficient (Wildman–Crippen LogP) is 2.56. The van der Waals surface area contributed by atoms with Gasteiger partial charge in [-0.3, -0.25) is 0 Å². The van der Waals surface area contributed by atoms with Crippen LogP contribution in [0.4, 0.5) is 5.69 Å². The lowest BCUT2D eigenvalue weighted by Gasteiger charge is -2.36. The van der Waals surface area contributed by atoms with E-state index in [0.717, 1.165) is 42.5 Å². The minimum absolute atomic E-state index is 0.534. The van der Waals surface area contributed by atoms with Crippen LogP contribution >= 0.6 is 11.6 Å². The Morgan fingerprint density at radius 1 is 1.04 bits per heavy atom. The van der Waals surface area contributed by atoms with Crippen LogP contribution in [0.1, 0.15) is 5.56 Å². The van der Waals surface area contributed by atoms with Crippen molar-refractivity contribution in [2.24, 2.45) is 10.7 Å². The molecule has 2 aromatic carbocycles. The summed E-state index contributed by atoms with van der Waals surface area (Å²) in [5, 5.41) is 4.91. The van der Waals surface area contributed by atoms with Crippen molar-refractivity contribution >= 4 is 23.2 Å². The molecular weight excluding hydrogens is 374 g/mol. The number of hydrogen-bond acceptors (Lipinski definition) is 4. The van der Waals surface area contributed by atoms with E-state index in [1.54, 1.807) is 11.0 Å². The largest absolute Gasteiger partial charge is 0.370 e. The summed E-state index contributed by atoms with van der Waals surface area (Å²) in [6, 6.07) is 16.0. The number of anilines is 1. The van der Waals surface area contributed by atoms with Gasteiger partial charge in [0.05, 0.1) is 12.2 Å².